The van der Waals surface area contributed by atoms with Crippen LogP contribution in [0.5, 0.6) is 0 Å². The van der Waals surface area contributed by atoms with Gasteiger partial charge < -0.3 is 11.1 Å². The molecule has 16 heteroatoms. The number of rotatable bonds is 7. The minimum absolute atomic E-state index is 0.0210. The number of primary amides is 1. The lowest BCUT2D eigenvalue weighted by Gasteiger charge is -2.17. The predicted molar refractivity (Wildman–Crippen MR) is 140 cm³/mol. The molecule has 0 saturated heterocycles. The molecule has 4 aromatic rings. The third-order valence-electron chi connectivity index (χ3n) is 6.55. The quantitative estimate of drug-likeness (QED) is 0.235. The number of halogens is 6. The molecule has 1 aliphatic carbocycles. The normalized spacial score (nSPS) is 14.8. The fourth-order valence-electron chi connectivity index (χ4n) is 4.56. The summed E-state index contributed by atoms with van der Waals surface area (Å²) in [6, 6.07) is -0.0884. The molecule has 4 aromatic heterocycles. The van der Waals surface area contributed by atoms with Crippen LogP contribution in [0.25, 0.3) is 21.3 Å². The molecular weight excluding hydrogens is 625 g/mol. The molecule has 1 unspecified atom stereocenters. The highest BCUT2D eigenvalue weighted by Gasteiger charge is 2.43. The largest absolute Gasteiger partial charge is 0.436 e. The average Bonchev–Trinajstić information content (AvgIpc) is 3.41. The Kier molecular flexibility index (Phi) is 6.97. The summed E-state index contributed by atoms with van der Waals surface area (Å²) in [5.41, 5.74) is 5.23. The summed E-state index contributed by atoms with van der Waals surface area (Å²) in [6.07, 6.45) is -4.81. The first kappa shape index (κ1) is 28.1. The summed E-state index contributed by atoms with van der Waals surface area (Å²) >= 11 is 3.73. The van der Waals surface area contributed by atoms with Gasteiger partial charge in [0.15, 0.2) is 5.69 Å². The molecule has 0 aromatic carbocycles. The number of carbonyl (C=O) groups excluding carboxylic acids is 2. The van der Waals surface area contributed by atoms with Crippen molar-refractivity contribution in [2.75, 3.05) is 5.32 Å². The van der Waals surface area contributed by atoms with Gasteiger partial charge in [0.1, 0.15) is 21.4 Å². The Morgan fingerprint density at radius 2 is 1.90 bits per heavy atom. The average molecular weight is 646 g/mol. The number of hydrogen-bond donors (Lipinski definition) is 2. The number of nitrogens with two attached hydrogens (primary N) is 1. The molecule has 0 aliphatic heterocycles. The smallest absolute Gasteiger partial charge is 0.365 e. The van der Waals surface area contributed by atoms with Crippen LogP contribution in [0.1, 0.15) is 70.6 Å². The fourth-order valence-corrected chi connectivity index (χ4v) is 6.39. The van der Waals surface area contributed by atoms with Crippen LogP contribution in [0.4, 0.5) is 27.6 Å². The van der Waals surface area contributed by atoms with Gasteiger partial charge in [0.05, 0.1) is 21.5 Å². The summed E-state index contributed by atoms with van der Waals surface area (Å²) in [6.45, 7) is 3.04. The molecule has 212 valence electrons. The molecule has 0 spiro atoms. The Labute approximate surface area is 235 Å². The standard InChI is InChI=1S/C24H21BrF5N7O2S/c1-8-12(7-36(3)34-8)11-6-13(20(26)27)32-23-14(11)16(18(40-23)21(31)38)33-22(39)9(2)37-17(10-4-5-10)15(25)19(35-37)24(28,29)30/h6-7,9-10,20H,4-5H2,1-3H3,(H2,31,38)(H,33,39). The van der Waals surface area contributed by atoms with Crippen LogP contribution < -0.4 is 11.1 Å². The molecule has 1 fully saturated rings. The van der Waals surface area contributed by atoms with Crippen molar-refractivity contribution in [1.29, 1.82) is 0 Å². The molecule has 3 N–H and O–H groups in total. The predicted octanol–water partition coefficient (Wildman–Crippen LogP) is 6.10. The number of nitrogens with zero attached hydrogens (tertiary/aromatic N) is 5. The van der Waals surface area contributed by atoms with Crippen LogP contribution >= 0.6 is 27.3 Å². The molecule has 1 aliphatic rings. The Balaban J connectivity index is 1.65. The molecule has 1 atom stereocenters. The van der Waals surface area contributed by atoms with Crippen molar-refractivity contribution in [2.24, 2.45) is 12.8 Å². The summed E-state index contributed by atoms with van der Waals surface area (Å²) in [5.74, 6) is -1.94. The fraction of sp³-hybridized carbons (Fsp3) is 0.375. The highest BCUT2D eigenvalue weighted by atomic mass is 79.9. The highest BCUT2D eigenvalue weighted by molar-refractivity contribution is 9.10. The second kappa shape index (κ2) is 9.90. The molecule has 4 heterocycles. The highest BCUT2D eigenvalue weighted by Crippen LogP contribution is 2.48. The van der Waals surface area contributed by atoms with Crippen LogP contribution in [-0.2, 0) is 18.0 Å². The van der Waals surface area contributed by atoms with E-state index in [9.17, 15) is 31.5 Å². The SMILES string of the molecule is Cc1nn(C)cc1-c1cc(C(F)F)nc2sc(C(N)=O)c(NC(=O)C(C)n3nc(C(F)(F)F)c(Br)c3C3CC3)c12. The Bertz CT molecular complexity index is 1670. The Morgan fingerprint density at radius 3 is 2.42 bits per heavy atom. The first-order chi connectivity index (χ1) is 18.7. The number of alkyl halides is 5. The van der Waals surface area contributed by atoms with Crippen molar-refractivity contribution in [2.45, 2.75) is 51.3 Å². The van der Waals surface area contributed by atoms with Gasteiger partial charge in [-0.1, -0.05) is 0 Å². The molecule has 9 nitrogen and oxygen atoms in total. The molecule has 5 rings (SSSR count). The number of hydrogen-bond acceptors (Lipinski definition) is 6. The van der Waals surface area contributed by atoms with Gasteiger partial charge in [0.25, 0.3) is 12.3 Å². The molecule has 40 heavy (non-hydrogen) atoms. The van der Waals surface area contributed by atoms with E-state index >= 15 is 0 Å². The van der Waals surface area contributed by atoms with Gasteiger partial charge in [0.2, 0.25) is 5.91 Å². The van der Waals surface area contributed by atoms with Crippen LogP contribution in [0.15, 0.2) is 16.7 Å². The zero-order valence-electron chi connectivity index (χ0n) is 21.1. The van der Waals surface area contributed by atoms with E-state index in [2.05, 4.69) is 36.4 Å². The second-order valence-electron chi connectivity index (χ2n) is 9.48. The topological polar surface area (TPSA) is 121 Å². The number of amides is 2. The van der Waals surface area contributed by atoms with Gasteiger partial charge in [-0.15, -0.1) is 11.3 Å². The van der Waals surface area contributed by atoms with E-state index in [0.717, 1.165) is 22.1 Å². The Morgan fingerprint density at radius 1 is 1.23 bits per heavy atom. The number of carbonyl (C=O) groups is 2. The Hall–Kier alpha value is -3.40. The maximum absolute atomic E-state index is 13.8. The minimum atomic E-state index is -4.75. The van der Waals surface area contributed by atoms with Gasteiger partial charge in [-0.25, -0.2) is 13.8 Å². The van der Waals surface area contributed by atoms with Gasteiger partial charge >= 0.3 is 6.18 Å². The van der Waals surface area contributed by atoms with E-state index in [-0.39, 0.29) is 42.4 Å². The van der Waals surface area contributed by atoms with Crippen LogP contribution in [0.2, 0.25) is 0 Å². The third kappa shape index (κ3) is 4.87. The van der Waals surface area contributed by atoms with Gasteiger partial charge in [-0.05, 0) is 54.2 Å². The van der Waals surface area contributed by atoms with E-state index in [1.165, 1.54) is 11.6 Å². The number of thiophene rings is 1. The molecule has 0 bridgehead atoms. The van der Waals surface area contributed by atoms with Gasteiger partial charge in [-0.2, -0.15) is 23.4 Å². The van der Waals surface area contributed by atoms with Crippen molar-refractivity contribution in [3.63, 3.8) is 0 Å². The summed E-state index contributed by atoms with van der Waals surface area (Å²) in [7, 11) is 1.64. The number of aryl methyl sites for hydroxylation is 2. The van der Waals surface area contributed by atoms with Crippen LogP contribution in [0, 0.1) is 6.92 Å². The molecule has 2 amide bonds. The van der Waals surface area contributed by atoms with Crippen LogP contribution in [0.3, 0.4) is 0 Å². The van der Waals surface area contributed by atoms with E-state index in [0.29, 0.717) is 24.1 Å². The zero-order valence-corrected chi connectivity index (χ0v) is 23.5. The summed E-state index contributed by atoms with van der Waals surface area (Å²) in [5, 5.41) is 10.8. The van der Waals surface area contributed by atoms with Gasteiger partial charge in [-0.3, -0.25) is 19.0 Å². The van der Waals surface area contributed by atoms with Crippen molar-refractivity contribution < 1.29 is 31.5 Å². The van der Waals surface area contributed by atoms with Crippen molar-refractivity contribution >= 4 is 55.0 Å². The van der Waals surface area contributed by atoms with Crippen LogP contribution in [-0.4, -0.2) is 36.4 Å². The van der Waals surface area contributed by atoms with E-state index in [4.69, 9.17) is 5.73 Å². The first-order valence-corrected chi connectivity index (χ1v) is 13.5. The lowest BCUT2D eigenvalue weighted by Crippen LogP contribution is -2.27. The first-order valence-electron chi connectivity index (χ1n) is 11.9. The number of fused-ring (bicyclic) bond motifs is 1. The molecular formula is C24H21BrF5N7O2S. The van der Waals surface area contributed by atoms with Gasteiger partial charge in [0, 0.05) is 30.1 Å². The third-order valence-corrected chi connectivity index (χ3v) is 8.43. The van der Waals surface area contributed by atoms with E-state index in [1.807, 2.05) is 0 Å². The number of nitrogens with one attached hydrogen (secondary N) is 1. The lowest BCUT2D eigenvalue weighted by atomic mass is 10.0. The lowest BCUT2D eigenvalue weighted by molar-refractivity contribution is -0.142. The summed E-state index contributed by atoms with van der Waals surface area (Å²) < 4.78 is 70.7. The van der Waals surface area contributed by atoms with Crippen molar-refractivity contribution in [3.8, 4) is 11.1 Å². The summed E-state index contributed by atoms with van der Waals surface area (Å²) in [4.78, 5) is 29.8. The minimum Gasteiger partial charge on any atom is -0.365 e. The number of aromatic nitrogens is 5. The maximum atomic E-state index is 13.8. The molecule has 1 saturated carbocycles. The van der Waals surface area contributed by atoms with E-state index < -0.39 is 41.8 Å². The van der Waals surface area contributed by atoms with Crippen molar-refractivity contribution in [3.05, 3.63) is 44.4 Å². The maximum Gasteiger partial charge on any atom is 0.436 e. The van der Waals surface area contributed by atoms with E-state index in [1.54, 1.807) is 20.2 Å². The zero-order chi connectivity index (χ0) is 29.3. The number of pyridine rings is 1. The second-order valence-corrected chi connectivity index (χ2v) is 11.3. The van der Waals surface area contributed by atoms with Crippen molar-refractivity contribution in [1.82, 2.24) is 24.5 Å². The molecule has 0 radical (unpaired) electrons. The number of anilines is 1. The monoisotopic (exact) mass is 645 g/mol.